The van der Waals surface area contributed by atoms with Gasteiger partial charge in [-0.25, -0.2) is 0 Å². The largest absolute Gasteiger partial charge is 0.369 e. The molecule has 6 heteroatoms. The summed E-state index contributed by atoms with van der Waals surface area (Å²) >= 11 is 0. The number of amides is 1. The molecule has 1 N–H and O–H groups in total. The third-order valence-electron chi connectivity index (χ3n) is 2.16. The Hall–Kier alpha value is -1.43. The zero-order valence-electron chi connectivity index (χ0n) is 9.23. The van der Waals surface area contributed by atoms with Crippen molar-refractivity contribution >= 4 is 5.91 Å². The summed E-state index contributed by atoms with van der Waals surface area (Å²) in [6.07, 6.45) is 3.34. The summed E-state index contributed by atoms with van der Waals surface area (Å²) in [6, 6.07) is 0. The van der Waals surface area contributed by atoms with Gasteiger partial charge < -0.3 is 10.1 Å². The molecule has 0 saturated carbocycles. The summed E-state index contributed by atoms with van der Waals surface area (Å²) in [5.74, 6) is -0.134. The number of carbonyl (C=O) groups is 1. The molecule has 0 bridgehead atoms. The van der Waals surface area contributed by atoms with Gasteiger partial charge in [-0.1, -0.05) is 5.21 Å². The lowest BCUT2D eigenvalue weighted by atomic mass is 10.1. The lowest BCUT2D eigenvalue weighted by Crippen LogP contribution is -2.44. The first kappa shape index (κ1) is 11.6. The van der Waals surface area contributed by atoms with Crippen LogP contribution in [0.2, 0.25) is 0 Å². The van der Waals surface area contributed by atoms with Crippen molar-refractivity contribution in [2.45, 2.75) is 26.0 Å². The van der Waals surface area contributed by atoms with Crippen molar-refractivity contribution in [1.82, 2.24) is 20.3 Å². The van der Waals surface area contributed by atoms with Crippen molar-refractivity contribution in [3.8, 4) is 0 Å². The molecular weight excluding hydrogens is 196 g/mol. The standard InChI is InChI=1S/C9H16N4O2/c1-9(2,15-3)8(14)10-4-6-13-7-5-11-12-13/h5,7H,4,6H2,1-3H3,(H,10,14). The topological polar surface area (TPSA) is 69.0 Å². The van der Waals surface area contributed by atoms with E-state index >= 15 is 0 Å². The highest BCUT2D eigenvalue weighted by Crippen LogP contribution is 2.06. The lowest BCUT2D eigenvalue weighted by molar-refractivity contribution is -0.139. The summed E-state index contributed by atoms with van der Waals surface area (Å²) in [5.41, 5.74) is -0.789. The van der Waals surface area contributed by atoms with Gasteiger partial charge in [0.25, 0.3) is 5.91 Å². The van der Waals surface area contributed by atoms with Gasteiger partial charge >= 0.3 is 0 Å². The Labute approximate surface area is 88.6 Å². The van der Waals surface area contributed by atoms with Crippen LogP contribution in [0.1, 0.15) is 13.8 Å². The summed E-state index contributed by atoms with van der Waals surface area (Å²) in [4.78, 5) is 11.5. The van der Waals surface area contributed by atoms with E-state index < -0.39 is 5.60 Å². The fourth-order valence-corrected chi connectivity index (χ4v) is 0.942. The zero-order valence-corrected chi connectivity index (χ0v) is 9.23. The molecule has 1 rings (SSSR count). The van der Waals surface area contributed by atoms with Gasteiger partial charge in [0.05, 0.1) is 12.7 Å². The highest BCUT2D eigenvalue weighted by atomic mass is 16.5. The molecule has 0 radical (unpaired) electrons. The third kappa shape index (κ3) is 3.32. The van der Waals surface area contributed by atoms with Gasteiger partial charge in [0.1, 0.15) is 5.60 Å². The Kier molecular flexibility index (Phi) is 3.79. The number of nitrogens with one attached hydrogen (secondary N) is 1. The highest BCUT2D eigenvalue weighted by Gasteiger charge is 2.26. The number of aromatic nitrogens is 3. The van der Waals surface area contributed by atoms with Crippen molar-refractivity contribution in [3.63, 3.8) is 0 Å². The number of methoxy groups -OCH3 is 1. The quantitative estimate of drug-likeness (QED) is 0.735. The van der Waals surface area contributed by atoms with Crippen LogP contribution in [0.3, 0.4) is 0 Å². The molecule has 0 aliphatic heterocycles. The fourth-order valence-electron chi connectivity index (χ4n) is 0.942. The maximum Gasteiger partial charge on any atom is 0.251 e. The molecule has 1 aromatic heterocycles. The summed E-state index contributed by atoms with van der Waals surface area (Å²) < 4.78 is 6.69. The minimum Gasteiger partial charge on any atom is -0.369 e. The molecule has 0 unspecified atom stereocenters. The lowest BCUT2D eigenvalue weighted by Gasteiger charge is -2.21. The summed E-state index contributed by atoms with van der Waals surface area (Å²) in [7, 11) is 1.51. The Balaban J connectivity index is 2.29. The number of nitrogens with zero attached hydrogens (tertiary/aromatic N) is 3. The molecule has 6 nitrogen and oxygen atoms in total. The number of rotatable bonds is 5. The monoisotopic (exact) mass is 212 g/mol. The summed E-state index contributed by atoms with van der Waals surface area (Å²) in [5, 5.41) is 10.2. The fraction of sp³-hybridized carbons (Fsp3) is 0.667. The van der Waals surface area contributed by atoms with Crippen LogP contribution in [0.25, 0.3) is 0 Å². The van der Waals surface area contributed by atoms with Crippen LogP contribution < -0.4 is 5.32 Å². The molecule has 0 saturated heterocycles. The number of ether oxygens (including phenoxy) is 1. The van der Waals surface area contributed by atoms with Crippen molar-refractivity contribution in [1.29, 1.82) is 0 Å². The molecule has 0 atom stereocenters. The molecular formula is C9H16N4O2. The van der Waals surface area contributed by atoms with E-state index in [2.05, 4.69) is 15.6 Å². The normalized spacial score (nSPS) is 11.4. The molecule has 1 amide bonds. The first-order chi connectivity index (χ1) is 7.06. The van der Waals surface area contributed by atoms with Crippen LogP contribution in [0.15, 0.2) is 12.4 Å². The molecule has 15 heavy (non-hydrogen) atoms. The van der Waals surface area contributed by atoms with Crippen LogP contribution in [0.4, 0.5) is 0 Å². The molecule has 0 aliphatic rings. The van der Waals surface area contributed by atoms with Crippen molar-refractivity contribution < 1.29 is 9.53 Å². The van der Waals surface area contributed by atoms with Crippen LogP contribution in [-0.2, 0) is 16.1 Å². The van der Waals surface area contributed by atoms with Gasteiger partial charge in [-0.2, -0.15) is 0 Å². The maximum absolute atomic E-state index is 11.5. The van der Waals surface area contributed by atoms with Gasteiger partial charge in [0, 0.05) is 19.9 Å². The van der Waals surface area contributed by atoms with E-state index in [1.54, 1.807) is 30.9 Å². The van der Waals surface area contributed by atoms with E-state index in [4.69, 9.17) is 4.74 Å². The van der Waals surface area contributed by atoms with E-state index in [0.29, 0.717) is 13.1 Å². The maximum atomic E-state index is 11.5. The molecule has 1 aromatic rings. The van der Waals surface area contributed by atoms with Crippen molar-refractivity contribution in [3.05, 3.63) is 12.4 Å². The van der Waals surface area contributed by atoms with Crippen LogP contribution in [0.5, 0.6) is 0 Å². The van der Waals surface area contributed by atoms with E-state index in [1.165, 1.54) is 7.11 Å². The molecule has 0 fully saturated rings. The van der Waals surface area contributed by atoms with E-state index in [0.717, 1.165) is 0 Å². The Morgan fingerprint density at radius 2 is 2.33 bits per heavy atom. The molecule has 0 aromatic carbocycles. The molecule has 0 aliphatic carbocycles. The third-order valence-corrected chi connectivity index (χ3v) is 2.16. The second kappa shape index (κ2) is 4.88. The minimum absolute atomic E-state index is 0.134. The number of carbonyl (C=O) groups excluding carboxylic acids is 1. The van der Waals surface area contributed by atoms with Gasteiger partial charge in [-0.15, -0.1) is 5.10 Å². The molecule has 1 heterocycles. The predicted molar refractivity (Wildman–Crippen MR) is 54.1 cm³/mol. The van der Waals surface area contributed by atoms with Crippen LogP contribution in [-0.4, -0.2) is 40.2 Å². The summed E-state index contributed by atoms with van der Waals surface area (Å²) in [6.45, 7) is 4.55. The van der Waals surface area contributed by atoms with Gasteiger partial charge in [-0.05, 0) is 13.8 Å². The average Bonchev–Trinajstić information content (AvgIpc) is 2.70. The highest BCUT2D eigenvalue weighted by molar-refractivity contribution is 5.84. The van der Waals surface area contributed by atoms with Crippen molar-refractivity contribution in [2.75, 3.05) is 13.7 Å². The first-order valence-electron chi connectivity index (χ1n) is 4.74. The Bertz CT molecular complexity index is 308. The minimum atomic E-state index is -0.789. The van der Waals surface area contributed by atoms with Gasteiger partial charge in [0.15, 0.2) is 0 Å². The van der Waals surface area contributed by atoms with E-state index in [-0.39, 0.29) is 5.91 Å². The molecule has 0 spiro atoms. The SMILES string of the molecule is COC(C)(C)C(=O)NCCn1ccnn1. The predicted octanol–water partition coefficient (Wildman–Crippen LogP) is -0.181. The van der Waals surface area contributed by atoms with Crippen LogP contribution >= 0.6 is 0 Å². The first-order valence-corrected chi connectivity index (χ1v) is 4.74. The second-order valence-electron chi connectivity index (χ2n) is 3.64. The smallest absolute Gasteiger partial charge is 0.251 e. The zero-order chi connectivity index (χ0) is 11.3. The Morgan fingerprint density at radius 3 is 2.87 bits per heavy atom. The van der Waals surface area contributed by atoms with Crippen molar-refractivity contribution in [2.24, 2.45) is 0 Å². The van der Waals surface area contributed by atoms with Gasteiger partial charge in [0.2, 0.25) is 0 Å². The second-order valence-corrected chi connectivity index (χ2v) is 3.64. The Morgan fingerprint density at radius 1 is 1.60 bits per heavy atom. The van der Waals surface area contributed by atoms with E-state index in [1.807, 2.05) is 0 Å². The number of hydrogen-bond acceptors (Lipinski definition) is 4. The van der Waals surface area contributed by atoms with Gasteiger partial charge in [-0.3, -0.25) is 9.48 Å². The number of hydrogen-bond donors (Lipinski definition) is 1. The van der Waals surface area contributed by atoms with Crippen LogP contribution in [0, 0.1) is 0 Å². The average molecular weight is 212 g/mol. The van der Waals surface area contributed by atoms with E-state index in [9.17, 15) is 4.79 Å². The molecule has 84 valence electrons.